The van der Waals surface area contributed by atoms with Crippen LogP contribution in [0.1, 0.15) is 65.2 Å². The van der Waals surface area contributed by atoms with Crippen molar-refractivity contribution >= 4 is 0 Å². The van der Waals surface area contributed by atoms with Crippen LogP contribution in [0.15, 0.2) is 0 Å². The normalized spacial score (nSPS) is 32.6. The maximum absolute atomic E-state index is 3.79. The maximum atomic E-state index is 3.79. The maximum Gasteiger partial charge on any atom is 0.00927 e. The Balaban J connectivity index is 1.56. The smallest absolute Gasteiger partial charge is 0.00927 e. The Labute approximate surface area is 101 Å². The van der Waals surface area contributed by atoms with Crippen LogP contribution >= 0.6 is 0 Å². The van der Waals surface area contributed by atoms with Crippen molar-refractivity contribution in [1.29, 1.82) is 0 Å². The number of hydrogen-bond donors (Lipinski definition) is 1. The molecular weight excluding hydrogens is 194 g/mol. The molecule has 0 heterocycles. The summed E-state index contributed by atoms with van der Waals surface area (Å²) in [7, 11) is 0. The first-order valence-electron chi connectivity index (χ1n) is 7.53. The lowest BCUT2D eigenvalue weighted by molar-refractivity contribution is 0.270. The van der Waals surface area contributed by atoms with E-state index < -0.39 is 0 Å². The Bertz CT molecular complexity index is 190. The summed E-state index contributed by atoms with van der Waals surface area (Å²) < 4.78 is 0. The first kappa shape index (κ1) is 12.4. The fourth-order valence-electron chi connectivity index (χ4n) is 3.23. The molecule has 0 saturated heterocycles. The Kier molecular flexibility index (Phi) is 4.69. The molecule has 1 unspecified atom stereocenters. The van der Waals surface area contributed by atoms with Gasteiger partial charge in [-0.05, 0) is 50.0 Å². The molecule has 2 aliphatic rings. The lowest BCUT2D eigenvalue weighted by Gasteiger charge is -2.27. The van der Waals surface area contributed by atoms with E-state index in [1.807, 2.05) is 0 Å². The third kappa shape index (κ3) is 3.76. The van der Waals surface area contributed by atoms with E-state index in [2.05, 4.69) is 19.2 Å². The van der Waals surface area contributed by atoms with Crippen molar-refractivity contribution in [2.24, 2.45) is 17.8 Å². The molecule has 0 radical (unpaired) electrons. The van der Waals surface area contributed by atoms with Gasteiger partial charge in [0, 0.05) is 6.04 Å². The predicted octanol–water partition coefficient (Wildman–Crippen LogP) is 3.98. The standard InChI is InChI=1S/C15H29N/c1-3-15(14-8-9-14)16-11-10-13-6-4-12(2)5-7-13/h12-16H,3-11H2,1-2H3. The van der Waals surface area contributed by atoms with Crippen LogP contribution in [0.25, 0.3) is 0 Å². The summed E-state index contributed by atoms with van der Waals surface area (Å²) in [6.07, 6.45) is 11.6. The molecule has 1 atom stereocenters. The van der Waals surface area contributed by atoms with Crippen LogP contribution < -0.4 is 5.32 Å². The van der Waals surface area contributed by atoms with Crippen LogP contribution in [-0.4, -0.2) is 12.6 Å². The molecular formula is C15H29N. The second kappa shape index (κ2) is 6.05. The topological polar surface area (TPSA) is 12.0 Å². The van der Waals surface area contributed by atoms with Crippen molar-refractivity contribution in [2.45, 2.75) is 71.3 Å². The highest BCUT2D eigenvalue weighted by molar-refractivity contribution is 4.85. The van der Waals surface area contributed by atoms with Gasteiger partial charge in [-0.1, -0.05) is 39.5 Å². The summed E-state index contributed by atoms with van der Waals surface area (Å²) in [6.45, 7) is 6.01. The highest BCUT2D eigenvalue weighted by Crippen LogP contribution is 2.34. The van der Waals surface area contributed by atoms with Crippen molar-refractivity contribution in [3.8, 4) is 0 Å². The second-order valence-electron chi connectivity index (χ2n) is 6.22. The monoisotopic (exact) mass is 223 g/mol. The first-order valence-corrected chi connectivity index (χ1v) is 7.53. The van der Waals surface area contributed by atoms with Crippen LogP contribution in [-0.2, 0) is 0 Å². The first-order chi connectivity index (χ1) is 7.79. The van der Waals surface area contributed by atoms with Gasteiger partial charge in [0.15, 0.2) is 0 Å². The van der Waals surface area contributed by atoms with Crippen LogP contribution in [0.4, 0.5) is 0 Å². The van der Waals surface area contributed by atoms with Crippen LogP contribution in [0.2, 0.25) is 0 Å². The summed E-state index contributed by atoms with van der Waals surface area (Å²) in [4.78, 5) is 0. The van der Waals surface area contributed by atoms with Gasteiger partial charge in [-0.15, -0.1) is 0 Å². The van der Waals surface area contributed by atoms with Gasteiger partial charge in [-0.25, -0.2) is 0 Å². The van der Waals surface area contributed by atoms with Gasteiger partial charge in [0.1, 0.15) is 0 Å². The van der Waals surface area contributed by atoms with Crippen molar-refractivity contribution in [3.05, 3.63) is 0 Å². The molecule has 1 heteroatoms. The molecule has 1 nitrogen and oxygen atoms in total. The molecule has 0 aromatic rings. The van der Waals surface area contributed by atoms with Crippen LogP contribution in [0.5, 0.6) is 0 Å². The fourth-order valence-corrected chi connectivity index (χ4v) is 3.23. The molecule has 0 amide bonds. The molecule has 2 aliphatic carbocycles. The molecule has 2 fully saturated rings. The molecule has 2 rings (SSSR count). The minimum Gasteiger partial charge on any atom is -0.314 e. The van der Waals surface area contributed by atoms with E-state index in [0.29, 0.717) is 0 Å². The number of rotatable bonds is 6. The fraction of sp³-hybridized carbons (Fsp3) is 1.00. The Morgan fingerprint density at radius 3 is 2.31 bits per heavy atom. The number of hydrogen-bond acceptors (Lipinski definition) is 1. The van der Waals surface area contributed by atoms with Gasteiger partial charge in [0.05, 0.1) is 0 Å². The molecule has 0 aromatic heterocycles. The lowest BCUT2D eigenvalue weighted by Crippen LogP contribution is -2.32. The highest BCUT2D eigenvalue weighted by Gasteiger charge is 2.29. The second-order valence-corrected chi connectivity index (χ2v) is 6.22. The SMILES string of the molecule is CCC(NCCC1CCC(C)CC1)C1CC1. The van der Waals surface area contributed by atoms with E-state index in [-0.39, 0.29) is 0 Å². The molecule has 94 valence electrons. The van der Waals surface area contributed by atoms with E-state index >= 15 is 0 Å². The summed E-state index contributed by atoms with van der Waals surface area (Å²) in [5.41, 5.74) is 0. The number of nitrogens with one attached hydrogen (secondary N) is 1. The summed E-state index contributed by atoms with van der Waals surface area (Å²) in [5, 5.41) is 3.79. The largest absolute Gasteiger partial charge is 0.314 e. The van der Waals surface area contributed by atoms with Crippen molar-refractivity contribution < 1.29 is 0 Å². The zero-order valence-electron chi connectivity index (χ0n) is 11.2. The van der Waals surface area contributed by atoms with E-state index in [1.54, 1.807) is 0 Å². The third-order valence-corrected chi connectivity index (χ3v) is 4.73. The molecule has 1 N–H and O–H groups in total. The average molecular weight is 223 g/mol. The lowest BCUT2D eigenvalue weighted by atomic mass is 9.81. The van der Waals surface area contributed by atoms with Crippen LogP contribution in [0.3, 0.4) is 0 Å². The minimum absolute atomic E-state index is 0.836. The predicted molar refractivity (Wildman–Crippen MR) is 70.5 cm³/mol. The molecule has 16 heavy (non-hydrogen) atoms. The van der Waals surface area contributed by atoms with Gasteiger partial charge in [-0.3, -0.25) is 0 Å². The van der Waals surface area contributed by atoms with Crippen LogP contribution in [0, 0.1) is 17.8 Å². The van der Waals surface area contributed by atoms with E-state index in [0.717, 1.165) is 23.8 Å². The van der Waals surface area contributed by atoms with E-state index in [9.17, 15) is 0 Å². The molecule has 0 spiro atoms. The quantitative estimate of drug-likeness (QED) is 0.718. The molecule has 0 aromatic carbocycles. The van der Waals surface area contributed by atoms with Crippen molar-refractivity contribution in [3.63, 3.8) is 0 Å². The van der Waals surface area contributed by atoms with Gasteiger partial charge in [-0.2, -0.15) is 0 Å². The third-order valence-electron chi connectivity index (χ3n) is 4.73. The van der Waals surface area contributed by atoms with E-state index in [4.69, 9.17) is 0 Å². The van der Waals surface area contributed by atoms with Crippen molar-refractivity contribution in [2.75, 3.05) is 6.54 Å². The van der Waals surface area contributed by atoms with Gasteiger partial charge >= 0.3 is 0 Å². The summed E-state index contributed by atoms with van der Waals surface area (Å²) in [6, 6.07) is 0.836. The zero-order valence-corrected chi connectivity index (χ0v) is 11.2. The molecule has 0 aliphatic heterocycles. The Hall–Kier alpha value is -0.0400. The highest BCUT2D eigenvalue weighted by atomic mass is 14.9. The van der Waals surface area contributed by atoms with Gasteiger partial charge in [0.2, 0.25) is 0 Å². The molecule has 2 saturated carbocycles. The van der Waals surface area contributed by atoms with Crippen molar-refractivity contribution in [1.82, 2.24) is 5.32 Å². The minimum atomic E-state index is 0.836. The Morgan fingerprint density at radius 2 is 1.75 bits per heavy atom. The van der Waals surface area contributed by atoms with E-state index in [1.165, 1.54) is 57.9 Å². The average Bonchev–Trinajstić information content (AvgIpc) is 3.11. The van der Waals surface area contributed by atoms with Gasteiger partial charge < -0.3 is 5.32 Å². The molecule has 0 bridgehead atoms. The zero-order chi connectivity index (χ0) is 11.4. The Morgan fingerprint density at radius 1 is 1.06 bits per heavy atom. The summed E-state index contributed by atoms with van der Waals surface area (Å²) in [5.74, 6) is 3.05. The summed E-state index contributed by atoms with van der Waals surface area (Å²) >= 11 is 0. The van der Waals surface area contributed by atoms with Gasteiger partial charge in [0.25, 0.3) is 0 Å².